The van der Waals surface area contributed by atoms with E-state index in [2.05, 4.69) is 32.7 Å². The summed E-state index contributed by atoms with van der Waals surface area (Å²) < 4.78 is 0. The number of hydrogen-bond acceptors (Lipinski definition) is 1. The van der Waals surface area contributed by atoms with Crippen molar-refractivity contribution < 1.29 is 0 Å². The molecule has 0 aromatic rings. The normalized spacial score (nSPS) is 23.5. The summed E-state index contributed by atoms with van der Waals surface area (Å²) >= 11 is 5.26. The summed E-state index contributed by atoms with van der Waals surface area (Å²) in [6.45, 7) is 8.26. The van der Waals surface area contributed by atoms with Crippen LogP contribution in [-0.4, -0.2) is 16.9 Å². The Bertz CT molecular complexity index is 253. The number of hydrogen-bond donors (Lipinski definition) is 0. The molecule has 0 saturated heterocycles. The van der Waals surface area contributed by atoms with Crippen LogP contribution in [-0.2, 0) is 0 Å². The maximum absolute atomic E-state index is 5.26. The van der Waals surface area contributed by atoms with Crippen molar-refractivity contribution in [3.05, 3.63) is 24.9 Å². The highest BCUT2D eigenvalue weighted by Crippen LogP contribution is 2.34. The predicted octanol–water partition coefficient (Wildman–Crippen LogP) is 2.99. The van der Waals surface area contributed by atoms with Crippen LogP contribution in [0.3, 0.4) is 0 Å². The van der Waals surface area contributed by atoms with Crippen molar-refractivity contribution in [1.82, 2.24) is 4.90 Å². The molecule has 13 heavy (non-hydrogen) atoms. The van der Waals surface area contributed by atoms with Gasteiger partial charge >= 0.3 is 0 Å². The molecule has 1 aliphatic heterocycles. The van der Waals surface area contributed by atoms with Gasteiger partial charge in [-0.3, -0.25) is 0 Å². The molecule has 0 fully saturated rings. The van der Waals surface area contributed by atoms with Gasteiger partial charge in [0.25, 0.3) is 0 Å². The van der Waals surface area contributed by atoms with Crippen LogP contribution in [0, 0.1) is 11.3 Å². The Morgan fingerprint density at radius 2 is 2.31 bits per heavy atom. The van der Waals surface area contributed by atoms with Crippen molar-refractivity contribution in [3.63, 3.8) is 0 Å². The molecule has 1 nitrogen and oxygen atoms in total. The first-order valence-electron chi connectivity index (χ1n) is 4.55. The fourth-order valence-electron chi connectivity index (χ4n) is 1.38. The van der Waals surface area contributed by atoms with Crippen LogP contribution in [0.25, 0.3) is 0 Å². The Hall–Kier alpha value is -0.630. The summed E-state index contributed by atoms with van der Waals surface area (Å²) in [7, 11) is 2.00. The lowest BCUT2D eigenvalue weighted by atomic mass is 9.76. The second-order valence-electron chi connectivity index (χ2n) is 4.18. The quantitative estimate of drug-likeness (QED) is 0.492. The smallest absolute Gasteiger partial charge is 0.0822 e. The topological polar surface area (TPSA) is 3.24 Å². The molecule has 0 N–H and O–H groups in total. The summed E-state index contributed by atoms with van der Waals surface area (Å²) in [4.78, 5) is 3.02. The minimum atomic E-state index is 0.141. The van der Waals surface area contributed by atoms with Gasteiger partial charge in [-0.2, -0.15) is 0 Å². The van der Waals surface area contributed by atoms with Gasteiger partial charge < -0.3 is 4.90 Å². The van der Waals surface area contributed by atoms with E-state index < -0.39 is 0 Å². The monoisotopic (exact) mass is 195 g/mol. The van der Waals surface area contributed by atoms with Gasteiger partial charge in [-0.05, 0) is 11.3 Å². The van der Waals surface area contributed by atoms with Crippen molar-refractivity contribution in [2.45, 2.75) is 20.3 Å². The highest BCUT2D eigenvalue weighted by molar-refractivity contribution is 7.80. The van der Waals surface area contributed by atoms with E-state index in [1.807, 2.05) is 18.0 Å². The average Bonchev–Trinajstić information content (AvgIpc) is 2.09. The molecule has 0 aliphatic carbocycles. The Kier molecular flexibility index (Phi) is 2.91. The highest BCUT2D eigenvalue weighted by Gasteiger charge is 2.28. The maximum atomic E-state index is 5.26. The summed E-state index contributed by atoms with van der Waals surface area (Å²) in [5, 5.41) is 0. The van der Waals surface area contributed by atoms with E-state index >= 15 is 0 Å². The van der Waals surface area contributed by atoms with Gasteiger partial charge in [0.15, 0.2) is 0 Å². The van der Waals surface area contributed by atoms with E-state index in [9.17, 15) is 0 Å². The zero-order chi connectivity index (χ0) is 10.1. The minimum Gasteiger partial charge on any atom is -0.346 e. The molecule has 0 radical (unpaired) electrons. The van der Waals surface area contributed by atoms with Crippen molar-refractivity contribution >= 4 is 17.2 Å². The fraction of sp³-hybridized carbons (Fsp3) is 0.545. The summed E-state index contributed by atoms with van der Waals surface area (Å²) in [6.07, 6.45) is 7.25. The van der Waals surface area contributed by atoms with Crippen LogP contribution in [0.15, 0.2) is 24.9 Å². The molecule has 0 aromatic carbocycles. The van der Waals surface area contributed by atoms with Gasteiger partial charge in [-0.25, -0.2) is 0 Å². The molecule has 1 aliphatic rings. The first-order valence-corrected chi connectivity index (χ1v) is 4.96. The second kappa shape index (κ2) is 3.62. The van der Waals surface area contributed by atoms with Crippen LogP contribution in [0.5, 0.6) is 0 Å². The zero-order valence-electron chi connectivity index (χ0n) is 8.58. The van der Waals surface area contributed by atoms with E-state index in [-0.39, 0.29) is 5.41 Å². The molecule has 1 atom stereocenters. The third-order valence-corrected chi connectivity index (χ3v) is 3.27. The molecule has 0 saturated carbocycles. The lowest BCUT2D eigenvalue weighted by Gasteiger charge is -2.34. The molecule has 0 amide bonds. The lowest BCUT2D eigenvalue weighted by Crippen LogP contribution is -2.31. The Morgan fingerprint density at radius 1 is 1.69 bits per heavy atom. The van der Waals surface area contributed by atoms with E-state index in [4.69, 9.17) is 12.2 Å². The Morgan fingerprint density at radius 3 is 2.77 bits per heavy atom. The van der Waals surface area contributed by atoms with Gasteiger partial charge in [0.05, 0.1) is 4.99 Å². The third kappa shape index (κ3) is 2.19. The standard InChI is InChI=1S/C11H17NS/c1-5-11(2,3)9-6-7-12(4)10(13)8-9/h5-7,9H,1,8H2,2-4H3. The maximum Gasteiger partial charge on any atom is 0.0822 e. The van der Waals surface area contributed by atoms with Gasteiger partial charge in [0, 0.05) is 19.7 Å². The molecule has 1 rings (SSSR count). The van der Waals surface area contributed by atoms with E-state index in [0.29, 0.717) is 5.92 Å². The first-order chi connectivity index (χ1) is 5.97. The Balaban J connectivity index is 2.81. The van der Waals surface area contributed by atoms with Crippen LogP contribution in [0.1, 0.15) is 20.3 Å². The van der Waals surface area contributed by atoms with Crippen molar-refractivity contribution in [2.24, 2.45) is 11.3 Å². The van der Waals surface area contributed by atoms with Crippen molar-refractivity contribution in [3.8, 4) is 0 Å². The van der Waals surface area contributed by atoms with E-state index in [1.54, 1.807) is 0 Å². The summed E-state index contributed by atoms with van der Waals surface area (Å²) in [5.41, 5.74) is 0.141. The second-order valence-corrected chi connectivity index (χ2v) is 4.65. The minimum absolute atomic E-state index is 0.141. The summed E-state index contributed by atoms with van der Waals surface area (Å²) in [6, 6.07) is 0. The van der Waals surface area contributed by atoms with Crippen LogP contribution >= 0.6 is 12.2 Å². The molecular formula is C11H17NS. The van der Waals surface area contributed by atoms with Crippen LogP contribution in [0.2, 0.25) is 0 Å². The highest BCUT2D eigenvalue weighted by atomic mass is 32.1. The van der Waals surface area contributed by atoms with Crippen molar-refractivity contribution in [2.75, 3.05) is 7.05 Å². The molecule has 1 heterocycles. The van der Waals surface area contributed by atoms with Crippen LogP contribution < -0.4 is 0 Å². The first kappa shape index (κ1) is 10.5. The zero-order valence-corrected chi connectivity index (χ0v) is 9.40. The summed E-state index contributed by atoms with van der Waals surface area (Å²) in [5.74, 6) is 0.494. The molecule has 72 valence electrons. The Labute approximate surface area is 86.1 Å². The SMILES string of the molecule is C=CC(C)(C)C1C=CN(C)C(=S)C1. The molecule has 0 aromatic heterocycles. The van der Waals surface area contributed by atoms with E-state index in [1.165, 1.54) is 0 Å². The molecule has 1 unspecified atom stereocenters. The molecule has 2 heteroatoms. The van der Waals surface area contributed by atoms with Crippen molar-refractivity contribution in [1.29, 1.82) is 0 Å². The van der Waals surface area contributed by atoms with Gasteiger partial charge in [-0.1, -0.05) is 38.2 Å². The van der Waals surface area contributed by atoms with E-state index in [0.717, 1.165) is 11.4 Å². The fourth-order valence-corrected chi connectivity index (χ4v) is 1.62. The average molecular weight is 195 g/mol. The largest absolute Gasteiger partial charge is 0.346 e. The van der Waals surface area contributed by atoms with Gasteiger partial charge in [0.1, 0.15) is 0 Å². The van der Waals surface area contributed by atoms with Crippen LogP contribution in [0.4, 0.5) is 0 Å². The van der Waals surface area contributed by atoms with Gasteiger partial charge in [-0.15, -0.1) is 6.58 Å². The number of allylic oxidation sites excluding steroid dienone is 2. The molecule has 0 spiro atoms. The molecular weight excluding hydrogens is 178 g/mol. The molecule has 0 bridgehead atoms. The number of rotatable bonds is 2. The number of nitrogens with zero attached hydrogens (tertiary/aromatic N) is 1. The van der Waals surface area contributed by atoms with Gasteiger partial charge in [0.2, 0.25) is 0 Å². The predicted molar refractivity (Wildman–Crippen MR) is 61.6 cm³/mol. The number of thiocarbonyl (C=S) groups is 1. The third-order valence-electron chi connectivity index (χ3n) is 2.81. The lowest BCUT2D eigenvalue weighted by molar-refractivity contribution is 0.337.